The summed E-state index contributed by atoms with van der Waals surface area (Å²) >= 11 is 0. The molecule has 0 spiro atoms. The Hall–Kier alpha value is -0.960. The van der Waals surface area contributed by atoms with E-state index in [4.69, 9.17) is 0 Å². The normalized spacial score (nSPS) is 12.1. The maximum atomic E-state index is 10.8. The van der Waals surface area contributed by atoms with Crippen LogP contribution in [0.4, 0.5) is 44.2 Å². The second kappa shape index (κ2) is 8.22. The third kappa shape index (κ3) is 29.2. The molecular formula is C6H6F10. The van der Waals surface area contributed by atoms with Gasteiger partial charge in [0.15, 0.2) is 0 Å². The van der Waals surface area contributed by atoms with Crippen molar-refractivity contribution in [2.75, 3.05) is 0 Å². The molecule has 0 radical (unpaired) electrons. The van der Waals surface area contributed by atoms with E-state index in [-0.39, 0.29) is 4.70 Å². The molecule has 0 nitrogen and oxygen atoms in total. The van der Waals surface area contributed by atoms with Crippen LogP contribution in [0, 0.1) is 0 Å². The average molecular weight is 268 g/mol. The van der Waals surface area contributed by atoms with Crippen LogP contribution in [0.25, 0.3) is 0 Å². The van der Waals surface area contributed by atoms with E-state index in [1.165, 1.54) is 0 Å². The van der Waals surface area contributed by atoms with E-state index in [0.717, 1.165) is 0 Å². The van der Waals surface area contributed by atoms with Crippen LogP contribution in [0.3, 0.4) is 0 Å². The second-order valence-electron chi connectivity index (χ2n) is 2.04. The van der Waals surface area contributed by atoms with Gasteiger partial charge in [0.05, 0.1) is 6.33 Å². The first kappa shape index (κ1) is 20.5. The molecule has 0 heterocycles. The molecule has 0 aromatic rings. The van der Waals surface area contributed by atoms with E-state index >= 15 is 0 Å². The summed E-state index contributed by atoms with van der Waals surface area (Å²) in [4.78, 5) is 0. The zero-order valence-corrected chi connectivity index (χ0v) is 7.25. The van der Waals surface area contributed by atoms with E-state index in [2.05, 4.69) is 0 Å². The predicted octanol–water partition coefficient (Wildman–Crippen LogP) is 4.39. The lowest BCUT2D eigenvalue weighted by atomic mass is 10.4. The Morgan fingerprint density at radius 2 is 1.31 bits per heavy atom. The SMILES string of the molecule is F.FC(F)CC(F)(F)F.FC=CC(F)(F)F. The van der Waals surface area contributed by atoms with E-state index in [9.17, 15) is 39.5 Å². The number of hydrogen-bond donors (Lipinski definition) is 0. The summed E-state index contributed by atoms with van der Waals surface area (Å²) in [5, 5.41) is 0. The Balaban J connectivity index is -0.000000200. The fourth-order valence-electron chi connectivity index (χ4n) is 0.246. The van der Waals surface area contributed by atoms with Gasteiger partial charge in [-0.2, -0.15) is 26.3 Å². The fourth-order valence-corrected chi connectivity index (χ4v) is 0.246. The van der Waals surface area contributed by atoms with E-state index in [1.807, 2.05) is 0 Å². The standard InChI is InChI=1S/C3H3F5.C3H2F4.FH/c4-2(5)1-3(6,7)8;4-2-1-3(5,6)7;/h2H,1H2;1-2H;1H. The van der Waals surface area contributed by atoms with E-state index in [1.54, 1.807) is 0 Å². The van der Waals surface area contributed by atoms with Gasteiger partial charge in [-0.25, -0.2) is 13.2 Å². The molecule has 0 amide bonds. The van der Waals surface area contributed by atoms with Gasteiger partial charge < -0.3 is 0 Å². The summed E-state index contributed by atoms with van der Waals surface area (Å²) in [6, 6.07) is 0. The molecule has 10 heteroatoms. The first-order valence-corrected chi connectivity index (χ1v) is 3.17. The summed E-state index contributed by atoms with van der Waals surface area (Å²) in [5.74, 6) is 0. The first-order valence-electron chi connectivity index (χ1n) is 3.17. The van der Waals surface area contributed by atoms with Crippen LogP contribution in [0.2, 0.25) is 0 Å². The van der Waals surface area contributed by atoms with Crippen molar-refractivity contribution in [2.45, 2.75) is 25.2 Å². The Bertz CT molecular complexity index is 175. The molecule has 0 fully saturated rings. The number of hydrogen-bond acceptors (Lipinski definition) is 0. The largest absolute Gasteiger partial charge is 0.411 e. The maximum Gasteiger partial charge on any atom is 0.411 e. The molecule has 0 atom stereocenters. The van der Waals surface area contributed by atoms with Gasteiger partial charge in [0, 0.05) is 6.08 Å². The van der Waals surface area contributed by atoms with E-state index < -0.39 is 37.6 Å². The van der Waals surface area contributed by atoms with Gasteiger partial charge >= 0.3 is 12.4 Å². The number of alkyl halides is 8. The molecule has 0 saturated carbocycles. The molecule has 0 rings (SSSR count). The second-order valence-corrected chi connectivity index (χ2v) is 2.04. The molecule has 100 valence electrons. The lowest BCUT2D eigenvalue weighted by Gasteiger charge is -2.02. The monoisotopic (exact) mass is 268 g/mol. The van der Waals surface area contributed by atoms with Crippen molar-refractivity contribution in [3.63, 3.8) is 0 Å². The molecule has 0 aliphatic heterocycles. The van der Waals surface area contributed by atoms with E-state index in [0.29, 0.717) is 0 Å². The molecule has 0 N–H and O–H groups in total. The summed E-state index contributed by atoms with van der Waals surface area (Å²) in [7, 11) is 0. The lowest BCUT2D eigenvalue weighted by molar-refractivity contribution is -0.158. The Labute approximate surface area is 83.1 Å². The highest BCUT2D eigenvalue weighted by molar-refractivity contribution is 4.80. The molecule has 0 aliphatic rings. The quantitative estimate of drug-likeness (QED) is 0.619. The smallest absolute Gasteiger partial charge is 0.269 e. The Morgan fingerprint density at radius 1 is 0.938 bits per heavy atom. The predicted molar refractivity (Wildman–Crippen MR) is 35.5 cm³/mol. The van der Waals surface area contributed by atoms with Crippen molar-refractivity contribution < 1.29 is 44.2 Å². The van der Waals surface area contributed by atoms with Crippen LogP contribution in [-0.2, 0) is 0 Å². The van der Waals surface area contributed by atoms with Crippen molar-refractivity contribution >= 4 is 0 Å². The number of allylic oxidation sites excluding steroid dienone is 1. The fraction of sp³-hybridized carbons (Fsp3) is 0.667. The molecule has 16 heavy (non-hydrogen) atoms. The van der Waals surface area contributed by atoms with Crippen molar-refractivity contribution in [1.29, 1.82) is 0 Å². The highest BCUT2D eigenvalue weighted by Gasteiger charge is 2.31. The van der Waals surface area contributed by atoms with Gasteiger partial charge in [0.25, 0.3) is 0 Å². The minimum Gasteiger partial charge on any atom is -0.269 e. The Morgan fingerprint density at radius 3 is 1.31 bits per heavy atom. The Kier molecular flexibility index (Phi) is 10.5. The molecular weight excluding hydrogens is 262 g/mol. The van der Waals surface area contributed by atoms with Crippen molar-refractivity contribution in [3.8, 4) is 0 Å². The minimum absolute atomic E-state index is 0. The first-order chi connectivity index (χ1) is 6.48. The summed E-state index contributed by atoms with van der Waals surface area (Å²) in [6.07, 6.45) is -15.5. The zero-order chi connectivity index (χ0) is 12.7. The van der Waals surface area contributed by atoms with Gasteiger partial charge in [0.2, 0.25) is 6.43 Å². The van der Waals surface area contributed by atoms with Crippen LogP contribution in [0.1, 0.15) is 6.42 Å². The van der Waals surface area contributed by atoms with Crippen molar-refractivity contribution in [2.24, 2.45) is 0 Å². The lowest BCUT2D eigenvalue weighted by Crippen LogP contribution is -2.12. The van der Waals surface area contributed by atoms with Gasteiger partial charge in [-0.1, -0.05) is 0 Å². The van der Waals surface area contributed by atoms with Crippen molar-refractivity contribution in [1.82, 2.24) is 0 Å². The highest BCUT2D eigenvalue weighted by atomic mass is 19.4. The third-order valence-corrected chi connectivity index (χ3v) is 0.638. The van der Waals surface area contributed by atoms with Gasteiger partial charge in [-0.15, -0.1) is 0 Å². The van der Waals surface area contributed by atoms with Crippen LogP contribution in [0.5, 0.6) is 0 Å². The molecule has 0 aliphatic carbocycles. The average Bonchev–Trinajstić information content (AvgIpc) is 1.77. The van der Waals surface area contributed by atoms with Gasteiger partial charge in [-0.3, -0.25) is 4.70 Å². The topological polar surface area (TPSA) is 0 Å². The molecule has 0 unspecified atom stereocenters. The maximum absolute atomic E-state index is 10.8. The molecule has 0 aromatic carbocycles. The van der Waals surface area contributed by atoms with Crippen molar-refractivity contribution in [3.05, 3.63) is 12.4 Å². The third-order valence-electron chi connectivity index (χ3n) is 0.638. The summed E-state index contributed by atoms with van der Waals surface area (Å²) in [6.45, 7) is 0. The van der Waals surface area contributed by atoms with Crippen LogP contribution in [0.15, 0.2) is 12.4 Å². The van der Waals surface area contributed by atoms with Gasteiger partial charge in [0.1, 0.15) is 6.42 Å². The number of halogens is 10. The summed E-state index contributed by atoms with van der Waals surface area (Å²) < 4.78 is 96.9. The minimum atomic E-state index is -4.73. The zero-order valence-electron chi connectivity index (χ0n) is 7.25. The van der Waals surface area contributed by atoms with Crippen LogP contribution < -0.4 is 0 Å². The molecule has 0 bridgehead atoms. The molecule has 0 saturated heterocycles. The van der Waals surface area contributed by atoms with Crippen LogP contribution >= 0.6 is 0 Å². The molecule has 0 aromatic heterocycles. The van der Waals surface area contributed by atoms with Gasteiger partial charge in [-0.05, 0) is 0 Å². The van der Waals surface area contributed by atoms with Crippen LogP contribution in [-0.4, -0.2) is 18.8 Å². The number of rotatable bonds is 1. The highest BCUT2D eigenvalue weighted by Crippen LogP contribution is 2.23. The summed E-state index contributed by atoms with van der Waals surface area (Å²) in [5.41, 5.74) is 0.